The number of aryl methyl sites for hydroxylation is 1. The van der Waals surface area contributed by atoms with Crippen molar-refractivity contribution < 1.29 is 13.2 Å². The zero-order chi connectivity index (χ0) is 20.4. The Labute approximate surface area is 170 Å². The molecule has 0 radical (unpaired) electrons. The summed E-state index contributed by atoms with van der Waals surface area (Å²) in [6, 6.07) is 18.3. The fourth-order valence-corrected chi connectivity index (χ4v) is 5.10. The molecule has 0 spiro atoms. The number of carbonyl (C=O) groups excluding carboxylic acids is 1. The van der Waals surface area contributed by atoms with E-state index < -0.39 is 10.0 Å². The normalized spacial score (nSPS) is 19.9. The number of hydrogen-bond acceptors (Lipinski definition) is 4. The van der Waals surface area contributed by atoms with E-state index in [1.54, 1.807) is 35.9 Å². The molecule has 3 aromatic rings. The number of amides is 1. The lowest BCUT2D eigenvalue weighted by molar-refractivity contribution is 0.0936. The minimum Gasteiger partial charge on any atom is -0.347 e. The molecule has 2 atom stereocenters. The maximum atomic E-state index is 13.1. The molecular weight excluding hydrogens is 388 g/mol. The predicted octanol–water partition coefficient (Wildman–Crippen LogP) is 2.01. The van der Waals surface area contributed by atoms with E-state index in [9.17, 15) is 13.2 Å². The quantitative estimate of drug-likeness (QED) is 0.697. The topological polar surface area (TPSA) is 84.3 Å². The van der Waals surface area contributed by atoms with Gasteiger partial charge in [-0.1, -0.05) is 48.5 Å². The molecule has 2 heterocycles. The van der Waals surface area contributed by atoms with Gasteiger partial charge in [0.25, 0.3) is 15.9 Å². The van der Waals surface area contributed by atoms with Gasteiger partial charge in [0.05, 0.1) is 12.4 Å². The Morgan fingerprint density at radius 1 is 1.03 bits per heavy atom. The second-order valence-electron chi connectivity index (χ2n) is 7.16. The fraction of sp³-hybridized carbons (Fsp3) is 0.238. The molecule has 150 valence electrons. The average Bonchev–Trinajstić information content (AvgIpc) is 3.36. The minimum atomic E-state index is -3.74. The number of nitrogens with one attached hydrogen (secondary N) is 1. The highest BCUT2D eigenvalue weighted by Crippen LogP contribution is 2.31. The Kier molecular flexibility index (Phi) is 5.21. The van der Waals surface area contributed by atoms with Gasteiger partial charge in [-0.05, 0) is 17.7 Å². The molecule has 1 aliphatic heterocycles. The van der Waals surface area contributed by atoms with Crippen LogP contribution in [0.2, 0.25) is 0 Å². The van der Waals surface area contributed by atoms with E-state index in [4.69, 9.17) is 0 Å². The van der Waals surface area contributed by atoms with Crippen molar-refractivity contribution in [1.82, 2.24) is 19.2 Å². The third-order valence-corrected chi connectivity index (χ3v) is 6.87. The van der Waals surface area contributed by atoms with E-state index in [2.05, 4.69) is 10.3 Å². The zero-order valence-electron chi connectivity index (χ0n) is 16.0. The molecule has 4 rings (SSSR count). The summed E-state index contributed by atoms with van der Waals surface area (Å²) < 4.78 is 29.1. The van der Waals surface area contributed by atoms with Gasteiger partial charge in [0, 0.05) is 37.8 Å². The van der Waals surface area contributed by atoms with E-state index in [1.807, 2.05) is 36.4 Å². The van der Waals surface area contributed by atoms with Crippen molar-refractivity contribution in [2.24, 2.45) is 7.05 Å². The Bertz CT molecular complexity index is 1100. The van der Waals surface area contributed by atoms with E-state index in [0.717, 1.165) is 5.56 Å². The summed E-state index contributed by atoms with van der Waals surface area (Å²) in [5.74, 6) is -0.365. The highest BCUT2D eigenvalue weighted by atomic mass is 32.2. The van der Waals surface area contributed by atoms with E-state index in [-0.39, 0.29) is 36.0 Å². The van der Waals surface area contributed by atoms with E-state index >= 15 is 0 Å². The standard InChI is InChI=1S/C21H22N4O3S/c1-24-14-20(22-15-24)29(27,28)25-12-18(16-8-4-2-5-9-16)19(13-25)23-21(26)17-10-6-3-7-11-17/h2-11,14-15,18-19H,12-13H2,1H3,(H,23,26). The molecule has 7 nitrogen and oxygen atoms in total. The van der Waals surface area contributed by atoms with Gasteiger partial charge >= 0.3 is 0 Å². The van der Waals surface area contributed by atoms with Crippen molar-refractivity contribution in [3.63, 3.8) is 0 Å². The number of imidazole rings is 1. The van der Waals surface area contributed by atoms with E-state index in [0.29, 0.717) is 5.56 Å². The summed E-state index contributed by atoms with van der Waals surface area (Å²) in [4.78, 5) is 16.7. The summed E-state index contributed by atoms with van der Waals surface area (Å²) in [7, 11) is -2.01. The lowest BCUT2D eigenvalue weighted by Gasteiger charge is -2.20. The van der Waals surface area contributed by atoms with Crippen LogP contribution in [-0.4, -0.2) is 47.3 Å². The van der Waals surface area contributed by atoms with Crippen molar-refractivity contribution in [2.75, 3.05) is 13.1 Å². The van der Waals surface area contributed by atoms with Crippen LogP contribution >= 0.6 is 0 Å². The number of nitrogens with zero attached hydrogens (tertiary/aromatic N) is 3. The van der Waals surface area contributed by atoms with Crippen molar-refractivity contribution in [2.45, 2.75) is 17.0 Å². The molecule has 8 heteroatoms. The molecule has 1 saturated heterocycles. The Morgan fingerprint density at radius 3 is 2.31 bits per heavy atom. The minimum absolute atomic E-state index is 0.0156. The molecule has 29 heavy (non-hydrogen) atoms. The van der Waals surface area contributed by atoms with Crippen LogP contribution < -0.4 is 5.32 Å². The van der Waals surface area contributed by atoms with Crippen LogP contribution in [-0.2, 0) is 17.1 Å². The van der Waals surface area contributed by atoms with Gasteiger partial charge in [-0.15, -0.1) is 0 Å². The molecule has 0 aliphatic carbocycles. The first-order valence-electron chi connectivity index (χ1n) is 9.34. The van der Waals surface area contributed by atoms with Gasteiger partial charge < -0.3 is 9.88 Å². The molecule has 2 unspecified atom stereocenters. The molecule has 0 saturated carbocycles. The SMILES string of the molecule is Cn1cnc(S(=O)(=O)N2CC(NC(=O)c3ccccc3)C(c3ccccc3)C2)c1. The van der Waals surface area contributed by atoms with Gasteiger partial charge in [0.1, 0.15) is 0 Å². The van der Waals surface area contributed by atoms with Crippen molar-refractivity contribution in [1.29, 1.82) is 0 Å². The van der Waals surface area contributed by atoms with Gasteiger partial charge in [0.2, 0.25) is 0 Å². The van der Waals surface area contributed by atoms with Crippen LogP contribution in [0.4, 0.5) is 0 Å². The molecule has 1 N–H and O–H groups in total. The number of sulfonamides is 1. The Balaban J connectivity index is 1.62. The first-order chi connectivity index (χ1) is 13.9. The van der Waals surface area contributed by atoms with Crippen LogP contribution in [0.3, 0.4) is 0 Å². The highest BCUT2D eigenvalue weighted by molar-refractivity contribution is 7.89. The van der Waals surface area contributed by atoms with Crippen molar-refractivity contribution in [3.8, 4) is 0 Å². The third-order valence-electron chi connectivity index (χ3n) is 5.15. The number of hydrogen-bond donors (Lipinski definition) is 1. The Hall–Kier alpha value is -2.97. The lowest BCUT2D eigenvalue weighted by Crippen LogP contribution is -2.40. The van der Waals surface area contributed by atoms with Crippen LogP contribution in [0.15, 0.2) is 78.2 Å². The summed E-state index contributed by atoms with van der Waals surface area (Å²) in [6.45, 7) is 0.472. The average molecular weight is 410 g/mol. The Morgan fingerprint density at radius 2 is 1.69 bits per heavy atom. The first-order valence-corrected chi connectivity index (χ1v) is 10.8. The molecule has 1 aromatic heterocycles. The van der Waals surface area contributed by atoms with Gasteiger partial charge in [0.15, 0.2) is 5.03 Å². The maximum Gasteiger partial charge on any atom is 0.262 e. The third kappa shape index (κ3) is 3.94. The molecule has 1 fully saturated rings. The van der Waals surface area contributed by atoms with Gasteiger partial charge in [-0.25, -0.2) is 13.4 Å². The number of carbonyl (C=O) groups is 1. The smallest absolute Gasteiger partial charge is 0.262 e. The largest absolute Gasteiger partial charge is 0.347 e. The maximum absolute atomic E-state index is 13.1. The molecule has 1 aliphatic rings. The second kappa shape index (κ2) is 7.81. The van der Waals surface area contributed by atoms with Crippen LogP contribution in [0.5, 0.6) is 0 Å². The number of benzene rings is 2. The first kappa shape index (κ1) is 19.4. The monoisotopic (exact) mass is 410 g/mol. The van der Waals surface area contributed by atoms with Gasteiger partial charge in [-0.3, -0.25) is 4.79 Å². The number of aromatic nitrogens is 2. The van der Waals surface area contributed by atoms with Gasteiger partial charge in [-0.2, -0.15) is 4.31 Å². The molecule has 1 amide bonds. The van der Waals surface area contributed by atoms with Crippen LogP contribution in [0.25, 0.3) is 0 Å². The molecule has 2 aromatic carbocycles. The fourth-order valence-electron chi connectivity index (χ4n) is 3.64. The zero-order valence-corrected chi connectivity index (χ0v) is 16.8. The lowest BCUT2D eigenvalue weighted by atomic mass is 9.94. The second-order valence-corrected chi connectivity index (χ2v) is 9.05. The van der Waals surface area contributed by atoms with Crippen LogP contribution in [0, 0.1) is 0 Å². The van der Waals surface area contributed by atoms with Crippen LogP contribution in [0.1, 0.15) is 21.8 Å². The molecule has 0 bridgehead atoms. The summed E-state index contributed by atoms with van der Waals surface area (Å²) in [5, 5.41) is 3.05. The predicted molar refractivity (Wildman–Crippen MR) is 109 cm³/mol. The van der Waals surface area contributed by atoms with Crippen molar-refractivity contribution in [3.05, 3.63) is 84.3 Å². The summed E-state index contributed by atoms with van der Waals surface area (Å²) >= 11 is 0. The summed E-state index contributed by atoms with van der Waals surface area (Å²) in [5.41, 5.74) is 1.54. The van der Waals surface area contributed by atoms with Crippen molar-refractivity contribution >= 4 is 15.9 Å². The summed E-state index contributed by atoms with van der Waals surface area (Å²) in [6.07, 6.45) is 2.95. The number of rotatable bonds is 5. The van der Waals surface area contributed by atoms with E-state index in [1.165, 1.54) is 16.8 Å². The molecular formula is C21H22N4O3S. The highest BCUT2D eigenvalue weighted by Gasteiger charge is 2.41.